The zero-order valence-corrected chi connectivity index (χ0v) is 8.79. The van der Waals surface area contributed by atoms with E-state index in [0.29, 0.717) is 12.3 Å². The zero-order chi connectivity index (χ0) is 9.97. The molecule has 0 aromatic heterocycles. The van der Waals surface area contributed by atoms with Gasteiger partial charge < -0.3 is 4.74 Å². The number of ether oxygens (including phenoxy) is 1. The highest BCUT2D eigenvalue weighted by Gasteiger charge is 2.29. The van der Waals surface area contributed by atoms with Gasteiger partial charge in [0.1, 0.15) is 6.10 Å². The van der Waals surface area contributed by atoms with Gasteiger partial charge in [0.2, 0.25) is 0 Å². The van der Waals surface area contributed by atoms with Crippen molar-refractivity contribution < 1.29 is 9.53 Å². The molecule has 1 fully saturated rings. The summed E-state index contributed by atoms with van der Waals surface area (Å²) in [4.78, 5) is 11.4. The predicted octanol–water partition coefficient (Wildman–Crippen LogP) is 2.83. The maximum atomic E-state index is 11.4. The minimum Gasteiger partial charge on any atom is -0.494 e. The number of rotatable bonds is 1. The van der Waals surface area contributed by atoms with Crippen LogP contribution in [0.4, 0.5) is 0 Å². The highest BCUT2D eigenvalue weighted by atomic mass is 16.5. The van der Waals surface area contributed by atoms with Crippen molar-refractivity contribution in [1.82, 2.24) is 0 Å². The number of allylic oxidation sites excluding steroid dienone is 2. The average Bonchev–Trinajstić information content (AvgIpc) is 2.18. The van der Waals surface area contributed by atoms with E-state index < -0.39 is 0 Å². The SMILES string of the molecule is CC1=CC(=O)CC(C2CCCCC2)O1. The van der Waals surface area contributed by atoms with Crippen molar-refractivity contribution in [2.24, 2.45) is 5.92 Å². The van der Waals surface area contributed by atoms with Gasteiger partial charge in [-0.05, 0) is 25.7 Å². The monoisotopic (exact) mass is 194 g/mol. The molecule has 0 spiro atoms. The van der Waals surface area contributed by atoms with Gasteiger partial charge in [-0.15, -0.1) is 0 Å². The van der Waals surface area contributed by atoms with Crippen molar-refractivity contribution >= 4 is 5.78 Å². The van der Waals surface area contributed by atoms with Crippen LogP contribution in [0.2, 0.25) is 0 Å². The van der Waals surface area contributed by atoms with E-state index in [1.807, 2.05) is 6.92 Å². The van der Waals surface area contributed by atoms with E-state index in [1.165, 1.54) is 32.1 Å². The molecule has 2 nitrogen and oxygen atoms in total. The summed E-state index contributed by atoms with van der Waals surface area (Å²) in [6, 6.07) is 0. The maximum Gasteiger partial charge on any atom is 0.162 e. The third kappa shape index (κ3) is 2.17. The van der Waals surface area contributed by atoms with E-state index in [2.05, 4.69) is 0 Å². The lowest BCUT2D eigenvalue weighted by molar-refractivity contribution is -0.120. The van der Waals surface area contributed by atoms with Crippen LogP contribution < -0.4 is 0 Å². The molecular formula is C12H18O2. The Morgan fingerprint density at radius 3 is 2.64 bits per heavy atom. The van der Waals surface area contributed by atoms with Crippen LogP contribution in [-0.2, 0) is 9.53 Å². The van der Waals surface area contributed by atoms with E-state index >= 15 is 0 Å². The molecule has 0 aromatic carbocycles. The number of hydrogen-bond donors (Lipinski definition) is 0. The summed E-state index contributed by atoms with van der Waals surface area (Å²) >= 11 is 0. The van der Waals surface area contributed by atoms with Crippen molar-refractivity contribution in [3.05, 3.63) is 11.8 Å². The Kier molecular flexibility index (Phi) is 2.90. The molecule has 1 heterocycles. The van der Waals surface area contributed by atoms with Crippen molar-refractivity contribution in [2.75, 3.05) is 0 Å². The van der Waals surface area contributed by atoms with Gasteiger partial charge in [0.15, 0.2) is 5.78 Å². The summed E-state index contributed by atoms with van der Waals surface area (Å²) in [5.74, 6) is 1.66. The summed E-state index contributed by atoms with van der Waals surface area (Å²) in [5.41, 5.74) is 0. The summed E-state index contributed by atoms with van der Waals surface area (Å²) in [6.45, 7) is 1.88. The molecule has 0 radical (unpaired) electrons. The Labute approximate surface area is 85.3 Å². The fourth-order valence-corrected chi connectivity index (χ4v) is 2.57. The van der Waals surface area contributed by atoms with Gasteiger partial charge in [-0.1, -0.05) is 19.3 Å². The number of ketones is 1. The molecule has 78 valence electrons. The summed E-state index contributed by atoms with van der Waals surface area (Å²) in [5, 5.41) is 0. The fraction of sp³-hybridized carbons (Fsp3) is 0.750. The first-order chi connectivity index (χ1) is 6.75. The molecule has 0 saturated heterocycles. The quantitative estimate of drug-likeness (QED) is 0.641. The first kappa shape index (κ1) is 9.75. The van der Waals surface area contributed by atoms with Gasteiger partial charge in [-0.25, -0.2) is 0 Å². The smallest absolute Gasteiger partial charge is 0.162 e. The topological polar surface area (TPSA) is 26.3 Å². The molecule has 0 N–H and O–H groups in total. The van der Waals surface area contributed by atoms with Gasteiger partial charge >= 0.3 is 0 Å². The molecule has 1 unspecified atom stereocenters. The first-order valence-electron chi connectivity index (χ1n) is 5.63. The molecule has 1 aliphatic carbocycles. The highest BCUT2D eigenvalue weighted by molar-refractivity contribution is 5.91. The molecule has 14 heavy (non-hydrogen) atoms. The Morgan fingerprint density at radius 1 is 1.29 bits per heavy atom. The van der Waals surface area contributed by atoms with Crippen LogP contribution in [0.5, 0.6) is 0 Å². The lowest BCUT2D eigenvalue weighted by Gasteiger charge is -2.32. The van der Waals surface area contributed by atoms with Gasteiger partial charge in [0.25, 0.3) is 0 Å². The second-order valence-corrected chi connectivity index (χ2v) is 4.48. The van der Waals surface area contributed by atoms with E-state index in [1.54, 1.807) is 6.08 Å². The van der Waals surface area contributed by atoms with E-state index in [9.17, 15) is 4.79 Å². The molecular weight excluding hydrogens is 176 g/mol. The van der Waals surface area contributed by atoms with Crippen molar-refractivity contribution in [3.8, 4) is 0 Å². The number of hydrogen-bond acceptors (Lipinski definition) is 2. The Balaban J connectivity index is 1.97. The summed E-state index contributed by atoms with van der Waals surface area (Å²) in [7, 11) is 0. The van der Waals surface area contributed by atoms with Gasteiger partial charge in [-0.3, -0.25) is 4.79 Å². The van der Waals surface area contributed by atoms with Gasteiger partial charge in [0, 0.05) is 12.5 Å². The van der Waals surface area contributed by atoms with Gasteiger partial charge in [0.05, 0.1) is 5.76 Å². The van der Waals surface area contributed by atoms with E-state index in [4.69, 9.17) is 4.74 Å². The third-order valence-corrected chi connectivity index (χ3v) is 3.28. The van der Waals surface area contributed by atoms with Crippen LogP contribution in [-0.4, -0.2) is 11.9 Å². The minimum absolute atomic E-state index is 0.174. The van der Waals surface area contributed by atoms with E-state index in [0.717, 1.165) is 5.76 Å². The number of carbonyl (C=O) groups excluding carboxylic acids is 1. The first-order valence-corrected chi connectivity index (χ1v) is 5.63. The van der Waals surface area contributed by atoms with Crippen LogP contribution in [0, 0.1) is 5.92 Å². The predicted molar refractivity (Wildman–Crippen MR) is 54.8 cm³/mol. The molecule has 1 saturated carbocycles. The van der Waals surface area contributed by atoms with Crippen molar-refractivity contribution in [1.29, 1.82) is 0 Å². The molecule has 2 heteroatoms. The highest BCUT2D eigenvalue weighted by Crippen LogP contribution is 2.32. The molecule has 1 aliphatic heterocycles. The van der Waals surface area contributed by atoms with Crippen LogP contribution in [0.1, 0.15) is 45.4 Å². The average molecular weight is 194 g/mol. The third-order valence-electron chi connectivity index (χ3n) is 3.28. The van der Waals surface area contributed by atoms with Gasteiger partial charge in [-0.2, -0.15) is 0 Å². The van der Waals surface area contributed by atoms with Crippen molar-refractivity contribution in [3.63, 3.8) is 0 Å². The van der Waals surface area contributed by atoms with Crippen LogP contribution in [0.25, 0.3) is 0 Å². The van der Waals surface area contributed by atoms with Crippen LogP contribution in [0.15, 0.2) is 11.8 Å². The van der Waals surface area contributed by atoms with Crippen LogP contribution >= 0.6 is 0 Å². The lowest BCUT2D eigenvalue weighted by Crippen LogP contribution is -2.30. The van der Waals surface area contributed by atoms with Crippen LogP contribution in [0.3, 0.4) is 0 Å². The second kappa shape index (κ2) is 4.16. The normalized spacial score (nSPS) is 29.6. The Morgan fingerprint density at radius 2 is 2.00 bits per heavy atom. The standard InChI is InChI=1S/C12H18O2/c1-9-7-11(13)8-12(14-9)10-5-3-2-4-6-10/h7,10,12H,2-6,8H2,1H3. The molecule has 2 rings (SSSR count). The lowest BCUT2D eigenvalue weighted by atomic mass is 9.83. The maximum absolute atomic E-state index is 11.4. The van der Waals surface area contributed by atoms with Crippen molar-refractivity contribution in [2.45, 2.75) is 51.6 Å². The molecule has 0 amide bonds. The Bertz CT molecular complexity index is 249. The molecule has 1 atom stereocenters. The zero-order valence-electron chi connectivity index (χ0n) is 8.79. The molecule has 0 bridgehead atoms. The molecule has 0 aromatic rings. The largest absolute Gasteiger partial charge is 0.494 e. The Hall–Kier alpha value is -0.790. The minimum atomic E-state index is 0.174. The van der Waals surface area contributed by atoms with E-state index in [-0.39, 0.29) is 11.9 Å². The second-order valence-electron chi connectivity index (χ2n) is 4.48. The number of carbonyl (C=O) groups is 1. The fourth-order valence-electron chi connectivity index (χ4n) is 2.57. The summed E-state index contributed by atoms with van der Waals surface area (Å²) in [6.07, 6.45) is 8.85. The molecule has 2 aliphatic rings. The summed E-state index contributed by atoms with van der Waals surface area (Å²) < 4.78 is 5.74.